The average Bonchev–Trinajstić information content (AvgIpc) is 3.34. The smallest absolute Gasteiger partial charge is 0.261 e. The van der Waals surface area contributed by atoms with Crippen LogP contribution in [0.15, 0.2) is 91.0 Å². The van der Waals surface area contributed by atoms with Gasteiger partial charge in [-0.25, -0.2) is 0 Å². The molecule has 3 aromatic rings. The molecule has 4 atom stereocenters. The van der Waals surface area contributed by atoms with Crippen LogP contribution in [0.25, 0.3) is 0 Å². The molecular formula is C30H36O4Si. The molecule has 2 heterocycles. The monoisotopic (exact) mass is 488 g/mol. The summed E-state index contributed by atoms with van der Waals surface area (Å²) in [5, 5.41) is 2.42. The lowest BCUT2D eigenvalue weighted by molar-refractivity contribution is -0.161. The van der Waals surface area contributed by atoms with Gasteiger partial charge in [0.1, 0.15) is 17.8 Å². The van der Waals surface area contributed by atoms with E-state index in [9.17, 15) is 0 Å². The predicted molar refractivity (Wildman–Crippen MR) is 142 cm³/mol. The fourth-order valence-electron chi connectivity index (χ4n) is 5.79. The molecule has 2 bridgehead atoms. The Labute approximate surface area is 210 Å². The van der Waals surface area contributed by atoms with E-state index in [2.05, 4.69) is 100 Å². The Morgan fingerprint density at radius 2 is 1.40 bits per heavy atom. The van der Waals surface area contributed by atoms with Crippen LogP contribution in [-0.4, -0.2) is 45.4 Å². The maximum absolute atomic E-state index is 7.28. The molecule has 0 radical (unpaired) electrons. The van der Waals surface area contributed by atoms with Gasteiger partial charge in [0.25, 0.3) is 8.32 Å². The summed E-state index contributed by atoms with van der Waals surface area (Å²) in [6.45, 7) is 10.5. The molecule has 0 spiro atoms. The van der Waals surface area contributed by atoms with Gasteiger partial charge in [-0.1, -0.05) is 112 Å². The first-order valence-corrected chi connectivity index (χ1v) is 14.5. The van der Waals surface area contributed by atoms with Crippen LogP contribution in [0.1, 0.15) is 33.3 Å². The van der Waals surface area contributed by atoms with Crippen molar-refractivity contribution in [3.8, 4) is 0 Å². The zero-order valence-corrected chi connectivity index (χ0v) is 22.1. The lowest BCUT2D eigenvalue weighted by Crippen LogP contribution is -2.68. The van der Waals surface area contributed by atoms with Gasteiger partial charge < -0.3 is 18.6 Å². The zero-order valence-electron chi connectivity index (χ0n) is 21.1. The minimum absolute atomic E-state index is 0.0727. The largest absolute Gasteiger partial charge is 0.404 e. The minimum Gasteiger partial charge on any atom is -0.404 e. The molecule has 3 aromatic carbocycles. The number of ether oxygens (including phenoxy) is 3. The fourth-order valence-corrected chi connectivity index (χ4v) is 10.4. The average molecular weight is 489 g/mol. The van der Waals surface area contributed by atoms with Crippen LogP contribution in [0, 0.1) is 0 Å². The van der Waals surface area contributed by atoms with E-state index in [1.165, 1.54) is 10.4 Å². The zero-order chi connectivity index (χ0) is 24.5. The molecule has 0 N–H and O–H groups in total. The summed E-state index contributed by atoms with van der Waals surface area (Å²) in [4.78, 5) is 0. The second-order valence-corrected chi connectivity index (χ2v) is 15.1. The maximum Gasteiger partial charge on any atom is 0.261 e. The van der Waals surface area contributed by atoms with Crippen molar-refractivity contribution >= 4 is 18.7 Å². The van der Waals surface area contributed by atoms with Crippen molar-refractivity contribution in [1.82, 2.24) is 0 Å². The highest BCUT2D eigenvalue weighted by Gasteiger charge is 2.63. The van der Waals surface area contributed by atoms with Crippen LogP contribution in [-0.2, 0) is 25.2 Å². The summed E-state index contributed by atoms with van der Waals surface area (Å²) in [5.74, 6) is 0. The standard InChI is InChI=1S/C30H36O4Si/c1-23-30(28(27(34-23)21-32-30)31-20-24-14-8-5-9-15-24)22-33-35(29(2,3)4,25-16-10-6-11-17-25)26-18-12-7-13-19-26/h5-19,23,27-28H,20-22H2,1-4H3/t23-,27+,28+,30+/m1/s1. The summed E-state index contributed by atoms with van der Waals surface area (Å²) in [6, 6.07) is 31.8. The van der Waals surface area contributed by atoms with Crippen molar-refractivity contribution in [2.24, 2.45) is 0 Å². The molecule has 4 nitrogen and oxygen atoms in total. The lowest BCUT2D eigenvalue weighted by atomic mass is 9.94. The van der Waals surface area contributed by atoms with E-state index in [1.54, 1.807) is 0 Å². The molecule has 0 aromatic heterocycles. The van der Waals surface area contributed by atoms with Gasteiger partial charge in [0.05, 0.1) is 25.9 Å². The molecule has 5 heteroatoms. The van der Waals surface area contributed by atoms with Gasteiger partial charge in [-0.15, -0.1) is 0 Å². The Morgan fingerprint density at radius 3 is 1.91 bits per heavy atom. The second kappa shape index (κ2) is 9.64. The molecule has 0 aliphatic carbocycles. The van der Waals surface area contributed by atoms with Crippen molar-refractivity contribution in [3.05, 3.63) is 96.6 Å². The quantitative estimate of drug-likeness (QED) is 0.431. The molecule has 2 aliphatic heterocycles. The minimum atomic E-state index is -2.70. The van der Waals surface area contributed by atoms with E-state index in [1.807, 2.05) is 18.2 Å². The summed E-state index contributed by atoms with van der Waals surface area (Å²) < 4.78 is 26.6. The first-order chi connectivity index (χ1) is 16.9. The van der Waals surface area contributed by atoms with E-state index < -0.39 is 13.9 Å². The third-order valence-corrected chi connectivity index (χ3v) is 12.6. The molecule has 2 aliphatic rings. The van der Waals surface area contributed by atoms with Gasteiger partial charge in [-0.3, -0.25) is 0 Å². The van der Waals surface area contributed by atoms with Crippen molar-refractivity contribution in [2.75, 3.05) is 13.2 Å². The SMILES string of the molecule is C[C@H]1O[C@H]2CO[C@]1(CO[Si](c1ccccc1)(c1ccccc1)C(C)(C)C)[C@H]2OCc1ccccc1. The first kappa shape index (κ1) is 24.4. The van der Waals surface area contributed by atoms with Gasteiger partial charge in [-0.05, 0) is 27.9 Å². The van der Waals surface area contributed by atoms with Crippen LogP contribution in [0.4, 0.5) is 0 Å². The van der Waals surface area contributed by atoms with E-state index in [-0.39, 0.29) is 23.4 Å². The second-order valence-electron chi connectivity index (χ2n) is 10.8. The van der Waals surface area contributed by atoms with Crippen LogP contribution < -0.4 is 10.4 Å². The van der Waals surface area contributed by atoms with E-state index in [4.69, 9.17) is 18.6 Å². The topological polar surface area (TPSA) is 36.9 Å². The van der Waals surface area contributed by atoms with Crippen molar-refractivity contribution in [3.63, 3.8) is 0 Å². The lowest BCUT2D eigenvalue weighted by Gasteiger charge is -2.45. The molecule has 35 heavy (non-hydrogen) atoms. The Morgan fingerprint density at radius 1 is 0.857 bits per heavy atom. The van der Waals surface area contributed by atoms with Crippen LogP contribution in [0.5, 0.6) is 0 Å². The van der Waals surface area contributed by atoms with Gasteiger partial charge in [-0.2, -0.15) is 0 Å². The Balaban J connectivity index is 1.49. The van der Waals surface area contributed by atoms with Crippen molar-refractivity contribution < 1.29 is 18.6 Å². The normalized spacial score (nSPS) is 26.2. The molecule has 0 unspecified atom stereocenters. The predicted octanol–water partition coefficient (Wildman–Crippen LogP) is 4.70. The molecule has 0 amide bonds. The Bertz CT molecular complexity index is 1060. The van der Waals surface area contributed by atoms with Gasteiger partial charge in [0.2, 0.25) is 0 Å². The molecular weight excluding hydrogens is 452 g/mol. The molecule has 5 rings (SSSR count). The highest BCUT2D eigenvalue weighted by atomic mass is 28.4. The third-order valence-electron chi connectivity index (χ3n) is 7.61. The molecule has 2 fully saturated rings. The van der Waals surface area contributed by atoms with Crippen LogP contribution in [0.3, 0.4) is 0 Å². The Kier molecular flexibility index (Phi) is 6.72. The van der Waals surface area contributed by atoms with Crippen LogP contribution >= 0.6 is 0 Å². The van der Waals surface area contributed by atoms with E-state index in [0.29, 0.717) is 19.8 Å². The molecule has 184 valence electrons. The van der Waals surface area contributed by atoms with Crippen LogP contribution in [0.2, 0.25) is 5.04 Å². The fraction of sp³-hybridized carbons (Fsp3) is 0.400. The summed E-state index contributed by atoms with van der Waals surface area (Å²) in [7, 11) is -2.70. The van der Waals surface area contributed by atoms with Gasteiger partial charge >= 0.3 is 0 Å². The number of rotatable bonds is 8. The summed E-state index contributed by atoms with van der Waals surface area (Å²) >= 11 is 0. The summed E-state index contributed by atoms with van der Waals surface area (Å²) in [5.41, 5.74) is 0.515. The van der Waals surface area contributed by atoms with E-state index in [0.717, 1.165) is 5.56 Å². The van der Waals surface area contributed by atoms with Crippen molar-refractivity contribution in [2.45, 2.75) is 63.3 Å². The maximum atomic E-state index is 7.28. The number of benzene rings is 3. The van der Waals surface area contributed by atoms with Gasteiger partial charge in [0, 0.05) is 0 Å². The number of hydrogen-bond acceptors (Lipinski definition) is 4. The summed E-state index contributed by atoms with van der Waals surface area (Å²) in [6.07, 6.45) is -0.354. The van der Waals surface area contributed by atoms with Gasteiger partial charge in [0.15, 0.2) is 0 Å². The number of fused-ring (bicyclic) bond motifs is 2. The van der Waals surface area contributed by atoms with Crippen molar-refractivity contribution in [1.29, 1.82) is 0 Å². The Hall–Kier alpha value is -2.28. The third kappa shape index (κ3) is 4.30. The highest BCUT2D eigenvalue weighted by Crippen LogP contribution is 2.45. The molecule has 0 saturated carbocycles. The highest BCUT2D eigenvalue weighted by molar-refractivity contribution is 6.99. The first-order valence-electron chi connectivity index (χ1n) is 12.6. The van der Waals surface area contributed by atoms with E-state index >= 15 is 0 Å². The molecule has 2 saturated heterocycles. The number of hydrogen-bond donors (Lipinski definition) is 0.